The highest BCUT2D eigenvalue weighted by atomic mass is 19.4. The smallest absolute Gasteiger partial charge is 0.416 e. The number of halogens is 3. The van der Waals surface area contributed by atoms with Crippen LogP contribution < -0.4 is 20.1 Å². The molecule has 1 aliphatic heterocycles. The number of allylic oxidation sites excluding steroid dienone is 1. The summed E-state index contributed by atoms with van der Waals surface area (Å²) in [6, 6.07) is 17.8. The van der Waals surface area contributed by atoms with Gasteiger partial charge in [0.25, 0.3) is 0 Å². The maximum atomic E-state index is 13.4. The molecule has 0 radical (unpaired) electrons. The molecule has 38 heavy (non-hydrogen) atoms. The summed E-state index contributed by atoms with van der Waals surface area (Å²) in [6.07, 6.45) is -3.25. The number of benzene rings is 3. The van der Waals surface area contributed by atoms with Gasteiger partial charge in [-0.05, 0) is 59.4 Å². The van der Waals surface area contributed by atoms with Crippen LogP contribution in [0.2, 0.25) is 0 Å². The van der Waals surface area contributed by atoms with Crippen molar-refractivity contribution >= 4 is 17.2 Å². The number of Topliss-reactive ketones (excluding diaryl/α,β-unsaturated/α-hetero) is 1. The molecule has 198 valence electrons. The van der Waals surface area contributed by atoms with E-state index in [1.807, 2.05) is 36.4 Å². The summed E-state index contributed by atoms with van der Waals surface area (Å²) >= 11 is 0. The minimum Gasteiger partial charge on any atom is -0.493 e. The topological polar surface area (TPSA) is 59.6 Å². The Morgan fingerprint density at radius 3 is 2.45 bits per heavy atom. The number of rotatable bonds is 5. The van der Waals surface area contributed by atoms with Crippen LogP contribution in [0.4, 0.5) is 24.5 Å². The summed E-state index contributed by atoms with van der Waals surface area (Å²) in [5.74, 6) is 0.900. The van der Waals surface area contributed by atoms with Gasteiger partial charge in [0.2, 0.25) is 0 Å². The third-order valence-electron chi connectivity index (χ3n) is 6.89. The number of hydrogen-bond donors (Lipinski definition) is 2. The monoisotopic (exact) mass is 522 g/mol. The first-order valence-corrected chi connectivity index (χ1v) is 12.4. The lowest BCUT2D eigenvalue weighted by Crippen LogP contribution is -2.31. The molecule has 1 unspecified atom stereocenters. The third-order valence-corrected chi connectivity index (χ3v) is 6.89. The van der Waals surface area contributed by atoms with Gasteiger partial charge in [0.1, 0.15) is 6.61 Å². The lowest BCUT2D eigenvalue weighted by atomic mass is 9.73. The van der Waals surface area contributed by atoms with Crippen molar-refractivity contribution in [1.29, 1.82) is 0 Å². The van der Waals surface area contributed by atoms with Crippen LogP contribution in [0.1, 0.15) is 49.4 Å². The molecule has 2 N–H and O–H groups in total. The fourth-order valence-electron chi connectivity index (χ4n) is 5.12. The molecular weight excluding hydrogens is 493 g/mol. The van der Waals surface area contributed by atoms with Crippen molar-refractivity contribution in [3.63, 3.8) is 0 Å². The Labute approximate surface area is 219 Å². The van der Waals surface area contributed by atoms with Crippen LogP contribution >= 0.6 is 0 Å². The SMILES string of the molecule is COc1cc(C2Nc3ccccc3NC3=C2C(=O)CC(C)(C)C3)ccc1OCc1cccc(C(F)(F)F)c1. The third kappa shape index (κ3) is 5.21. The van der Waals surface area contributed by atoms with Gasteiger partial charge in [0.15, 0.2) is 17.3 Å². The van der Waals surface area contributed by atoms with Gasteiger partial charge >= 0.3 is 6.18 Å². The van der Waals surface area contributed by atoms with E-state index in [1.54, 1.807) is 12.1 Å². The van der Waals surface area contributed by atoms with E-state index in [9.17, 15) is 18.0 Å². The van der Waals surface area contributed by atoms with Crippen molar-refractivity contribution in [2.24, 2.45) is 5.41 Å². The zero-order chi connectivity index (χ0) is 27.1. The number of nitrogens with one attached hydrogen (secondary N) is 2. The molecule has 0 saturated carbocycles. The fraction of sp³-hybridized carbons (Fsp3) is 0.300. The first kappa shape index (κ1) is 25.7. The molecule has 0 fully saturated rings. The Hall–Kier alpha value is -3.94. The van der Waals surface area contributed by atoms with E-state index in [-0.39, 0.29) is 17.8 Å². The predicted octanol–water partition coefficient (Wildman–Crippen LogP) is 7.51. The van der Waals surface area contributed by atoms with Crippen LogP contribution in [0.15, 0.2) is 78.0 Å². The average Bonchev–Trinajstić information content (AvgIpc) is 3.03. The quantitative estimate of drug-likeness (QED) is 0.363. The largest absolute Gasteiger partial charge is 0.493 e. The minimum atomic E-state index is -4.42. The van der Waals surface area contributed by atoms with Crippen LogP contribution in [0.3, 0.4) is 0 Å². The highest BCUT2D eigenvalue weighted by molar-refractivity contribution is 6.01. The number of methoxy groups -OCH3 is 1. The van der Waals surface area contributed by atoms with Gasteiger partial charge < -0.3 is 20.1 Å². The highest BCUT2D eigenvalue weighted by Crippen LogP contribution is 2.46. The molecule has 2 aliphatic rings. The molecule has 0 bridgehead atoms. The predicted molar refractivity (Wildman–Crippen MR) is 140 cm³/mol. The number of carbonyl (C=O) groups is 1. The Bertz CT molecular complexity index is 1410. The second-order valence-electron chi connectivity index (χ2n) is 10.5. The fourth-order valence-corrected chi connectivity index (χ4v) is 5.12. The lowest BCUT2D eigenvalue weighted by Gasteiger charge is -2.34. The number of fused-ring (bicyclic) bond motifs is 1. The molecule has 1 atom stereocenters. The number of ketones is 1. The van der Waals surface area contributed by atoms with Gasteiger partial charge in [-0.3, -0.25) is 4.79 Å². The molecule has 0 amide bonds. The number of para-hydroxylation sites is 2. The maximum Gasteiger partial charge on any atom is 0.416 e. The molecule has 1 heterocycles. The summed E-state index contributed by atoms with van der Waals surface area (Å²) in [6.45, 7) is 4.13. The lowest BCUT2D eigenvalue weighted by molar-refractivity contribution is -0.137. The molecule has 3 aromatic carbocycles. The average molecular weight is 523 g/mol. The van der Waals surface area contributed by atoms with E-state index < -0.39 is 17.8 Å². The van der Waals surface area contributed by atoms with E-state index in [2.05, 4.69) is 24.5 Å². The second-order valence-corrected chi connectivity index (χ2v) is 10.5. The molecule has 5 nitrogen and oxygen atoms in total. The number of anilines is 2. The normalized spacial score (nSPS) is 18.5. The van der Waals surface area contributed by atoms with E-state index in [4.69, 9.17) is 9.47 Å². The first-order chi connectivity index (χ1) is 18.0. The molecule has 0 saturated heterocycles. The van der Waals surface area contributed by atoms with E-state index >= 15 is 0 Å². The standard InChI is InChI=1S/C30H29F3N2O3/c1-29(2)15-23-27(24(36)16-29)28(35-22-10-5-4-9-21(22)34-23)19-11-12-25(26(14-19)37-3)38-17-18-7-6-8-20(13-18)30(31,32)33/h4-14,28,34-35H,15-17H2,1-3H3. The molecule has 8 heteroatoms. The van der Waals surface area contributed by atoms with Crippen LogP contribution in [-0.4, -0.2) is 12.9 Å². The highest BCUT2D eigenvalue weighted by Gasteiger charge is 2.39. The molecule has 0 aromatic heterocycles. The Kier molecular flexibility index (Phi) is 6.59. The Morgan fingerprint density at radius 2 is 1.71 bits per heavy atom. The maximum absolute atomic E-state index is 13.4. The molecule has 1 aliphatic carbocycles. The summed E-state index contributed by atoms with van der Waals surface area (Å²) in [4.78, 5) is 13.4. The number of alkyl halides is 3. The summed E-state index contributed by atoms with van der Waals surface area (Å²) in [5, 5.41) is 7.04. The van der Waals surface area contributed by atoms with Gasteiger partial charge in [-0.2, -0.15) is 13.2 Å². The van der Waals surface area contributed by atoms with Crippen molar-refractivity contribution in [3.05, 3.63) is 94.7 Å². The van der Waals surface area contributed by atoms with E-state index in [1.165, 1.54) is 13.2 Å². The van der Waals surface area contributed by atoms with Crippen LogP contribution in [0.5, 0.6) is 11.5 Å². The summed E-state index contributed by atoms with van der Waals surface area (Å²) < 4.78 is 50.7. The number of carbonyl (C=O) groups excluding carboxylic acids is 1. The summed E-state index contributed by atoms with van der Waals surface area (Å²) in [5.41, 5.74) is 3.70. The molecule has 5 rings (SSSR count). The van der Waals surface area contributed by atoms with E-state index in [0.29, 0.717) is 29.1 Å². The number of hydrogen-bond acceptors (Lipinski definition) is 5. The van der Waals surface area contributed by atoms with Crippen molar-refractivity contribution < 1.29 is 27.4 Å². The Morgan fingerprint density at radius 1 is 0.947 bits per heavy atom. The Balaban J connectivity index is 1.47. The van der Waals surface area contributed by atoms with Crippen LogP contribution in [0.25, 0.3) is 0 Å². The van der Waals surface area contributed by atoms with Crippen molar-refractivity contribution in [2.75, 3.05) is 17.7 Å². The van der Waals surface area contributed by atoms with Gasteiger partial charge in [-0.15, -0.1) is 0 Å². The number of ether oxygens (including phenoxy) is 2. The van der Waals surface area contributed by atoms with Gasteiger partial charge in [0, 0.05) is 17.7 Å². The molecular formula is C30H29F3N2O3. The van der Waals surface area contributed by atoms with Crippen molar-refractivity contribution in [1.82, 2.24) is 0 Å². The zero-order valence-corrected chi connectivity index (χ0v) is 21.4. The molecule has 0 spiro atoms. The van der Waals surface area contributed by atoms with Crippen LogP contribution in [0, 0.1) is 5.41 Å². The van der Waals surface area contributed by atoms with Gasteiger partial charge in [-0.25, -0.2) is 0 Å². The van der Waals surface area contributed by atoms with Crippen molar-refractivity contribution in [3.8, 4) is 11.5 Å². The van der Waals surface area contributed by atoms with Gasteiger partial charge in [0.05, 0.1) is 30.1 Å². The van der Waals surface area contributed by atoms with Gasteiger partial charge in [-0.1, -0.05) is 44.2 Å². The zero-order valence-electron chi connectivity index (χ0n) is 21.4. The first-order valence-electron chi connectivity index (χ1n) is 12.4. The van der Waals surface area contributed by atoms with E-state index in [0.717, 1.165) is 41.2 Å². The van der Waals surface area contributed by atoms with Crippen LogP contribution in [-0.2, 0) is 17.6 Å². The minimum absolute atomic E-state index is 0.0541. The second kappa shape index (κ2) is 9.74. The van der Waals surface area contributed by atoms with Crippen molar-refractivity contribution in [2.45, 2.75) is 45.5 Å². The summed E-state index contributed by atoms with van der Waals surface area (Å²) in [7, 11) is 1.51. The molecule has 3 aromatic rings.